The van der Waals surface area contributed by atoms with Crippen LogP contribution in [0.2, 0.25) is 0 Å². The van der Waals surface area contributed by atoms with Crippen molar-refractivity contribution in [1.29, 1.82) is 0 Å². The summed E-state index contributed by atoms with van der Waals surface area (Å²) in [5.74, 6) is -0.440. The van der Waals surface area contributed by atoms with E-state index in [0.29, 0.717) is 18.8 Å². The molecule has 0 aliphatic rings. The summed E-state index contributed by atoms with van der Waals surface area (Å²) >= 11 is 0. The minimum absolute atomic E-state index is 0.0381. The summed E-state index contributed by atoms with van der Waals surface area (Å²) in [4.78, 5) is 1.78. The molecule has 0 aliphatic heterocycles. The molecule has 3 nitrogen and oxygen atoms in total. The predicted octanol–water partition coefficient (Wildman–Crippen LogP) is 1.86. The van der Waals surface area contributed by atoms with E-state index in [2.05, 4.69) is 6.58 Å². The van der Waals surface area contributed by atoms with E-state index in [1.807, 2.05) is 0 Å². The summed E-state index contributed by atoms with van der Waals surface area (Å²) in [7, 11) is 0. The number of rotatable bonds is 6. The number of nitrogens with zero attached hydrogens (tertiary/aromatic N) is 1. The lowest BCUT2D eigenvalue weighted by atomic mass is 10.1. The summed E-state index contributed by atoms with van der Waals surface area (Å²) in [5.41, 5.74) is 0.844. The largest absolute Gasteiger partial charge is 0.395 e. The van der Waals surface area contributed by atoms with Crippen LogP contribution in [0.5, 0.6) is 0 Å². The van der Waals surface area contributed by atoms with Gasteiger partial charge in [-0.2, -0.15) is 0 Å². The lowest BCUT2D eigenvalue weighted by molar-refractivity contribution is 0.194. The molecule has 0 aliphatic carbocycles. The maximum Gasteiger partial charge on any atom is 0.131 e. The normalized spacial score (nSPS) is 12.2. The number of hydrogen-bond acceptors (Lipinski definition) is 3. The number of hydrogen-bond donors (Lipinski definition) is 2. The van der Waals surface area contributed by atoms with Crippen molar-refractivity contribution in [2.24, 2.45) is 0 Å². The molecule has 0 fully saturated rings. The molecule has 1 aromatic carbocycles. The van der Waals surface area contributed by atoms with Crippen LogP contribution in [0.3, 0.4) is 0 Å². The van der Waals surface area contributed by atoms with E-state index in [1.165, 1.54) is 13.0 Å². The lowest BCUT2D eigenvalue weighted by Crippen LogP contribution is -2.28. The van der Waals surface area contributed by atoms with Gasteiger partial charge in [-0.3, -0.25) is 0 Å². The van der Waals surface area contributed by atoms with Crippen LogP contribution in [-0.4, -0.2) is 29.9 Å². The first kappa shape index (κ1) is 13.7. The third-order valence-electron chi connectivity index (χ3n) is 2.51. The van der Waals surface area contributed by atoms with Gasteiger partial charge in [-0.15, -0.1) is 6.58 Å². The van der Waals surface area contributed by atoms with Crippen molar-refractivity contribution in [3.63, 3.8) is 0 Å². The van der Waals surface area contributed by atoms with Gasteiger partial charge < -0.3 is 15.1 Å². The number of benzene rings is 1. The summed E-state index contributed by atoms with van der Waals surface area (Å²) in [6.45, 7) is 5.97. The molecule has 0 amide bonds. The van der Waals surface area contributed by atoms with Crippen LogP contribution < -0.4 is 4.90 Å². The minimum atomic E-state index is -0.891. The first-order chi connectivity index (χ1) is 8.11. The Kier molecular flexibility index (Phi) is 5.12. The molecule has 0 saturated carbocycles. The van der Waals surface area contributed by atoms with Crippen LogP contribution in [0, 0.1) is 5.82 Å². The molecule has 1 unspecified atom stereocenters. The van der Waals surface area contributed by atoms with Crippen molar-refractivity contribution < 1.29 is 14.6 Å². The second kappa shape index (κ2) is 6.37. The van der Waals surface area contributed by atoms with Gasteiger partial charge in [-0.1, -0.05) is 12.1 Å². The molecule has 0 heterocycles. The highest BCUT2D eigenvalue weighted by molar-refractivity contribution is 5.55. The predicted molar refractivity (Wildman–Crippen MR) is 66.5 cm³/mol. The Labute approximate surface area is 101 Å². The number of aliphatic hydroxyl groups is 2. The Morgan fingerprint density at radius 1 is 1.53 bits per heavy atom. The van der Waals surface area contributed by atoms with Crippen LogP contribution in [0.25, 0.3) is 0 Å². The first-order valence-corrected chi connectivity index (χ1v) is 5.55. The highest BCUT2D eigenvalue weighted by Crippen LogP contribution is 2.28. The van der Waals surface area contributed by atoms with Gasteiger partial charge in [0.1, 0.15) is 5.82 Å². The molecule has 0 aromatic heterocycles. The zero-order valence-corrected chi connectivity index (χ0v) is 9.93. The fourth-order valence-electron chi connectivity index (χ4n) is 1.80. The SMILES string of the molecule is C=CCN(CCO)c1cccc(F)c1C(C)O. The molecule has 0 saturated heterocycles. The quantitative estimate of drug-likeness (QED) is 0.745. The molecule has 0 radical (unpaired) electrons. The smallest absolute Gasteiger partial charge is 0.131 e. The molecule has 4 heteroatoms. The second-order valence-corrected chi connectivity index (χ2v) is 3.81. The van der Waals surface area contributed by atoms with Crippen LogP contribution in [-0.2, 0) is 0 Å². The van der Waals surface area contributed by atoms with Crippen molar-refractivity contribution in [2.45, 2.75) is 13.0 Å². The van der Waals surface area contributed by atoms with Crippen LogP contribution in [0.4, 0.5) is 10.1 Å². The van der Waals surface area contributed by atoms with Crippen LogP contribution in [0.1, 0.15) is 18.6 Å². The highest BCUT2D eigenvalue weighted by Gasteiger charge is 2.17. The number of anilines is 1. The number of aliphatic hydroxyl groups excluding tert-OH is 2. The molecular formula is C13H18FNO2. The van der Waals surface area contributed by atoms with Gasteiger partial charge in [0.05, 0.1) is 12.7 Å². The van der Waals surface area contributed by atoms with E-state index in [0.717, 1.165) is 0 Å². The van der Waals surface area contributed by atoms with Crippen molar-refractivity contribution in [3.8, 4) is 0 Å². The third-order valence-corrected chi connectivity index (χ3v) is 2.51. The zero-order valence-electron chi connectivity index (χ0n) is 9.93. The third kappa shape index (κ3) is 3.28. The van der Waals surface area contributed by atoms with E-state index >= 15 is 0 Å². The fourth-order valence-corrected chi connectivity index (χ4v) is 1.80. The summed E-state index contributed by atoms with van der Waals surface area (Å²) in [6, 6.07) is 4.63. The Morgan fingerprint density at radius 2 is 2.24 bits per heavy atom. The molecule has 17 heavy (non-hydrogen) atoms. The standard InChI is InChI=1S/C13H18FNO2/c1-3-7-15(8-9-16)12-6-4-5-11(14)13(12)10(2)17/h3-6,10,16-17H,1,7-9H2,2H3. The topological polar surface area (TPSA) is 43.7 Å². The average molecular weight is 239 g/mol. The number of halogens is 1. The van der Waals surface area contributed by atoms with E-state index in [1.54, 1.807) is 23.1 Å². The van der Waals surface area contributed by atoms with Gasteiger partial charge in [0.25, 0.3) is 0 Å². The van der Waals surface area contributed by atoms with Crippen LogP contribution in [0.15, 0.2) is 30.9 Å². The second-order valence-electron chi connectivity index (χ2n) is 3.81. The van der Waals surface area contributed by atoms with Gasteiger partial charge in [-0.05, 0) is 19.1 Å². The summed E-state index contributed by atoms with van der Waals surface area (Å²) < 4.78 is 13.7. The van der Waals surface area contributed by atoms with Crippen LogP contribution >= 0.6 is 0 Å². The highest BCUT2D eigenvalue weighted by atomic mass is 19.1. The van der Waals surface area contributed by atoms with E-state index in [4.69, 9.17) is 5.11 Å². The van der Waals surface area contributed by atoms with Gasteiger partial charge in [0, 0.05) is 24.3 Å². The minimum Gasteiger partial charge on any atom is -0.395 e. The first-order valence-electron chi connectivity index (χ1n) is 5.55. The van der Waals surface area contributed by atoms with Crippen molar-refractivity contribution in [3.05, 3.63) is 42.2 Å². The Hall–Kier alpha value is -1.39. The molecular weight excluding hydrogens is 221 g/mol. The van der Waals surface area contributed by atoms with Gasteiger partial charge in [-0.25, -0.2) is 4.39 Å². The van der Waals surface area contributed by atoms with E-state index in [9.17, 15) is 9.50 Å². The van der Waals surface area contributed by atoms with E-state index in [-0.39, 0.29) is 12.2 Å². The summed E-state index contributed by atoms with van der Waals surface area (Å²) in [5, 5.41) is 18.6. The molecule has 94 valence electrons. The maximum absolute atomic E-state index is 13.7. The maximum atomic E-state index is 13.7. The van der Waals surface area contributed by atoms with Crippen molar-refractivity contribution in [1.82, 2.24) is 0 Å². The molecule has 2 N–H and O–H groups in total. The Bertz CT molecular complexity index is 380. The monoisotopic (exact) mass is 239 g/mol. The van der Waals surface area contributed by atoms with E-state index < -0.39 is 11.9 Å². The Morgan fingerprint density at radius 3 is 2.76 bits per heavy atom. The zero-order chi connectivity index (χ0) is 12.8. The Balaban J connectivity index is 3.16. The van der Waals surface area contributed by atoms with Gasteiger partial charge in [0.2, 0.25) is 0 Å². The molecule has 0 spiro atoms. The van der Waals surface area contributed by atoms with Crippen molar-refractivity contribution in [2.75, 3.05) is 24.6 Å². The molecule has 1 rings (SSSR count). The van der Waals surface area contributed by atoms with Gasteiger partial charge >= 0.3 is 0 Å². The average Bonchev–Trinajstić information content (AvgIpc) is 2.28. The summed E-state index contributed by atoms with van der Waals surface area (Å²) in [6.07, 6.45) is 0.782. The lowest BCUT2D eigenvalue weighted by Gasteiger charge is -2.26. The molecule has 0 bridgehead atoms. The van der Waals surface area contributed by atoms with Gasteiger partial charge in [0.15, 0.2) is 0 Å². The molecule has 1 atom stereocenters. The molecule has 1 aromatic rings. The van der Waals surface area contributed by atoms with Crippen molar-refractivity contribution >= 4 is 5.69 Å². The fraction of sp³-hybridized carbons (Fsp3) is 0.385.